The second kappa shape index (κ2) is 5.61. The van der Waals surface area contributed by atoms with Gasteiger partial charge in [0.1, 0.15) is 0 Å². The highest BCUT2D eigenvalue weighted by Gasteiger charge is 2.73. The van der Waals surface area contributed by atoms with E-state index < -0.39 is 23.6 Å². The number of unbranched alkanes of at least 4 members (excludes halogenated alkanes) is 1. The molecule has 0 aliphatic heterocycles. The normalized spacial score (nSPS) is 13.6. The van der Waals surface area contributed by atoms with Crippen molar-refractivity contribution in [2.75, 3.05) is 0 Å². The van der Waals surface area contributed by atoms with E-state index in [9.17, 15) is 30.7 Å². The van der Waals surface area contributed by atoms with Crippen LogP contribution in [0.4, 0.5) is 30.7 Å². The van der Waals surface area contributed by atoms with Gasteiger partial charge in [0.15, 0.2) is 0 Å². The molecule has 113 valence electrons. The molecule has 1 rings (SSSR count). The van der Waals surface area contributed by atoms with E-state index in [2.05, 4.69) is 6.92 Å². The molecule has 0 spiro atoms. The number of hydrogen-bond acceptors (Lipinski definition) is 0. The Labute approximate surface area is 111 Å². The molecule has 7 heteroatoms. The molecule has 0 fully saturated rings. The average molecular weight is 301 g/mol. The summed E-state index contributed by atoms with van der Waals surface area (Å²) < 4.78 is 88.4. The van der Waals surface area contributed by atoms with Crippen molar-refractivity contribution in [3.05, 3.63) is 42.3 Å². The van der Waals surface area contributed by atoms with Gasteiger partial charge in [-0.05, 0) is 18.4 Å². The third-order valence-electron chi connectivity index (χ3n) is 2.78. The Hall–Kier alpha value is -1.27. The van der Waals surface area contributed by atoms with E-state index in [0.29, 0.717) is 37.0 Å². The van der Waals surface area contributed by atoms with Crippen LogP contribution in [0, 0.1) is 6.92 Å². The zero-order chi connectivity index (χ0) is 15.6. The van der Waals surface area contributed by atoms with Crippen LogP contribution in [0.2, 0.25) is 0 Å². The number of hydrogen-bond donors (Lipinski definition) is 0. The quantitative estimate of drug-likeness (QED) is 0.661. The Morgan fingerprint density at radius 3 is 1.75 bits per heavy atom. The predicted molar refractivity (Wildman–Crippen MR) is 59.6 cm³/mol. The highest BCUT2D eigenvalue weighted by molar-refractivity contribution is 5.28. The molecule has 0 nitrogen and oxygen atoms in total. The van der Waals surface area contributed by atoms with Crippen LogP contribution in [0.5, 0.6) is 0 Å². The van der Waals surface area contributed by atoms with Gasteiger partial charge in [-0.3, -0.25) is 0 Å². The summed E-state index contributed by atoms with van der Waals surface area (Å²) in [5.41, 5.74) is -0.790. The molecular weight excluding hydrogens is 289 g/mol. The summed E-state index contributed by atoms with van der Waals surface area (Å²) in [4.78, 5) is 0. The van der Waals surface area contributed by atoms with Crippen LogP contribution in [0.3, 0.4) is 0 Å². The lowest BCUT2D eigenvalue weighted by Gasteiger charge is -2.28. The van der Waals surface area contributed by atoms with Crippen molar-refractivity contribution in [3.63, 3.8) is 0 Å². The molecule has 1 aromatic rings. The average Bonchev–Trinajstić information content (AvgIpc) is 2.35. The van der Waals surface area contributed by atoms with Gasteiger partial charge >= 0.3 is 18.0 Å². The van der Waals surface area contributed by atoms with Gasteiger partial charge in [0, 0.05) is 5.56 Å². The van der Waals surface area contributed by atoms with E-state index in [4.69, 9.17) is 0 Å². The van der Waals surface area contributed by atoms with Crippen molar-refractivity contribution in [1.29, 1.82) is 0 Å². The van der Waals surface area contributed by atoms with Crippen molar-refractivity contribution >= 4 is 0 Å². The fourth-order valence-corrected chi connectivity index (χ4v) is 1.57. The first kappa shape index (κ1) is 16.8. The first-order chi connectivity index (χ1) is 9.04. The Morgan fingerprint density at radius 2 is 1.35 bits per heavy atom. The minimum atomic E-state index is -6.32. The molecule has 0 atom stereocenters. The molecule has 1 aromatic carbocycles. The molecule has 0 aliphatic carbocycles. The molecule has 0 amide bonds. The topological polar surface area (TPSA) is 0 Å². The Morgan fingerprint density at radius 1 is 0.850 bits per heavy atom. The van der Waals surface area contributed by atoms with E-state index in [-0.39, 0.29) is 0 Å². The maximum atomic E-state index is 13.3. The summed E-state index contributed by atoms with van der Waals surface area (Å²) in [6.07, 6.45) is -4.56. The standard InChI is InChI=1S/C13H12F7/c1-2-3-4-9-5-7-10(8-6-9)11(14,15)12(16,17)13(18,19)20/h5-8H,1-4H2. The monoisotopic (exact) mass is 301 g/mol. The van der Waals surface area contributed by atoms with Gasteiger partial charge < -0.3 is 0 Å². The fourth-order valence-electron chi connectivity index (χ4n) is 1.57. The molecule has 0 heterocycles. The summed E-state index contributed by atoms with van der Waals surface area (Å²) in [5.74, 6) is -11.4. The fraction of sp³-hybridized carbons (Fsp3) is 0.462. The van der Waals surface area contributed by atoms with Gasteiger partial charge in [-0.2, -0.15) is 30.7 Å². The molecule has 0 saturated carbocycles. The van der Waals surface area contributed by atoms with Gasteiger partial charge in [0.05, 0.1) is 0 Å². The van der Waals surface area contributed by atoms with Gasteiger partial charge in [0.2, 0.25) is 0 Å². The minimum Gasteiger partial charge on any atom is -0.194 e. The van der Waals surface area contributed by atoms with Crippen molar-refractivity contribution in [1.82, 2.24) is 0 Å². The van der Waals surface area contributed by atoms with Gasteiger partial charge in [0.25, 0.3) is 0 Å². The Bertz CT molecular complexity index is 431. The minimum absolute atomic E-state index is 0.491. The van der Waals surface area contributed by atoms with Crippen LogP contribution in [-0.2, 0) is 12.3 Å². The molecular formula is C13H12F7. The van der Waals surface area contributed by atoms with Gasteiger partial charge in [-0.25, -0.2) is 0 Å². The van der Waals surface area contributed by atoms with Crippen LogP contribution in [0.25, 0.3) is 0 Å². The first-order valence-electron chi connectivity index (χ1n) is 5.75. The van der Waals surface area contributed by atoms with E-state index in [1.807, 2.05) is 0 Å². The molecule has 0 bridgehead atoms. The second-order valence-corrected chi connectivity index (χ2v) is 4.30. The number of benzene rings is 1. The lowest BCUT2D eigenvalue weighted by atomic mass is 9.99. The molecule has 1 radical (unpaired) electrons. The van der Waals surface area contributed by atoms with E-state index in [0.717, 1.165) is 12.1 Å². The van der Waals surface area contributed by atoms with Crippen LogP contribution in [0.15, 0.2) is 24.3 Å². The molecule has 20 heavy (non-hydrogen) atoms. The number of aryl methyl sites for hydroxylation is 1. The van der Waals surface area contributed by atoms with E-state index in [1.165, 1.54) is 0 Å². The summed E-state index contributed by atoms with van der Waals surface area (Å²) >= 11 is 0. The SMILES string of the molecule is [CH2]CCCc1ccc(C(F)(F)C(F)(F)C(F)(F)F)cc1. The highest BCUT2D eigenvalue weighted by Crippen LogP contribution is 2.51. The number of halogens is 7. The van der Waals surface area contributed by atoms with Gasteiger partial charge in [-0.15, -0.1) is 0 Å². The summed E-state index contributed by atoms with van der Waals surface area (Å²) in [6.45, 7) is 3.57. The summed E-state index contributed by atoms with van der Waals surface area (Å²) in [5, 5.41) is 0. The lowest BCUT2D eigenvalue weighted by molar-refractivity contribution is -0.359. The predicted octanol–water partition coefficient (Wildman–Crippen LogP) is 5.13. The van der Waals surface area contributed by atoms with Crippen LogP contribution in [-0.4, -0.2) is 12.1 Å². The number of alkyl halides is 7. The van der Waals surface area contributed by atoms with Crippen LogP contribution >= 0.6 is 0 Å². The lowest BCUT2D eigenvalue weighted by Crippen LogP contribution is -2.50. The molecule has 0 unspecified atom stereocenters. The van der Waals surface area contributed by atoms with Crippen LogP contribution in [0.1, 0.15) is 24.0 Å². The zero-order valence-electron chi connectivity index (χ0n) is 10.3. The third kappa shape index (κ3) is 3.07. The molecule has 0 saturated heterocycles. The number of rotatable bonds is 5. The highest BCUT2D eigenvalue weighted by atomic mass is 19.4. The first-order valence-corrected chi connectivity index (χ1v) is 5.75. The third-order valence-corrected chi connectivity index (χ3v) is 2.78. The molecule has 0 aliphatic rings. The summed E-state index contributed by atoms with van der Waals surface area (Å²) in [7, 11) is 0. The van der Waals surface area contributed by atoms with Crippen molar-refractivity contribution in [3.8, 4) is 0 Å². The Balaban J connectivity index is 3.04. The van der Waals surface area contributed by atoms with E-state index >= 15 is 0 Å². The Kier molecular flexibility index (Phi) is 4.71. The second-order valence-electron chi connectivity index (χ2n) is 4.30. The summed E-state index contributed by atoms with van der Waals surface area (Å²) in [6, 6.07) is 3.42. The molecule has 0 N–H and O–H groups in total. The zero-order valence-corrected chi connectivity index (χ0v) is 10.3. The maximum absolute atomic E-state index is 13.3. The van der Waals surface area contributed by atoms with Crippen molar-refractivity contribution < 1.29 is 30.7 Å². The largest absolute Gasteiger partial charge is 0.460 e. The van der Waals surface area contributed by atoms with Crippen molar-refractivity contribution in [2.45, 2.75) is 37.3 Å². The molecule has 0 aromatic heterocycles. The smallest absolute Gasteiger partial charge is 0.194 e. The maximum Gasteiger partial charge on any atom is 0.460 e. The van der Waals surface area contributed by atoms with Gasteiger partial charge in [-0.1, -0.05) is 37.6 Å². The van der Waals surface area contributed by atoms with E-state index in [1.54, 1.807) is 0 Å². The van der Waals surface area contributed by atoms with Crippen molar-refractivity contribution in [2.24, 2.45) is 0 Å². The van der Waals surface area contributed by atoms with Crippen LogP contribution < -0.4 is 0 Å².